The number of rotatable bonds is 2. The fourth-order valence-electron chi connectivity index (χ4n) is 2.80. The lowest BCUT2D eigenvalue weighted by atomic mass is 9.81. The predicted octanol–water partition coefficient (Wildman–Crippen LogP) is 1.92. The van der Waals surface area contributed by atoms with Gasteiger partial charge in [0.1, 0.15) is 12.4 Å². The number of para-hydroxylation sites is 2. The van der Waals surface area contributed by atoms with Gasteiger partial charge in [0, 0.05) is 6.54 Å². The maximum absolute atomic E-state index is 6.32. The van der Waals surface area contributed by atoms with Crippen molar-refractivity contribution < 1.29 is 9.47 Å². The lowest BCUT2D eigenvalue weighted by Gasteiger charge is -2.42. The van der Waals surface area contributed by atoms with Crippen LogP contribution in [0.1, 0.15) is 12.8 Å². The number of ether oxygens (including phenoxy) is 2. The number of allylic oxidation sites excluding steroid dienone is 1. The zero-order valence-electron chi connectivity index (χ0n) is 10.7. The molecule has 0 spiro atoms. The molecular formula is C15H16N2O2. The van der Waals surface area contributed by atoms with E-state index >= 15 is 0 Å². The molecule has 4 heteroatoms. The van der Waals surface area contributed by atoms with Gasteiger partial charge in [-0.05, 0) is 30.5 Å². The van der Waals surface area contributed by atoms with Gasteiger partial charge in [0.15, 0.2) is 11.5 Å². The van der Waals surface area contributed by atoms with Gasteiger partial charge in [-0.2, -0.15) is 0 Å². The first kappa shape index (κ1) is 10.9. The second-order valence-corrected chi connectivity index (χ2v) is 5.09. The number of hydrogen-bond acceptors (Lipinski definition) is 4. The van der Waals surface area contributed by atoms with E-state index in [-0.39, 0.29) is 0 Å². The summed E-state index contributed by atoms with van der Waals surface area (Å²) in [6, 6.07) is 7.83. The van der Waals surface area contributed by atoms with Crippen LogP contribution >= 0.6 is 0 Å². The Labute approximate surface area is 112 Å². The molecule has 4 rings (SSSR count). The van der Waals surface area contributed by atoms with E-state index in [1.807, 2.05) is 24.3 Å². The van der Waals surface area contributed by atoms with E-state index in [0.29, 0.717) is 6.61 Å². The highest BCUT2D eigenvalue weighted by Gasteiger charge is 2.48. The molecule has 1 atom stereocenters. The molecule has 0 amide bonds. The third kappa shape index (κ3) is 1.56. The van der Waals surface area contributed by atoms with Crippen LogP contribution in [-0.2, 0) is 0 Å². The summed E-state index contributed by atoms with van der Waals surface area (Å²) in [4.78, 5) is 4.57. The highest BCUT2D eigenvalue weighted by Crippen LogP contribution is 2.42. The summed E-state index contributed by atoms with van der Waals surface area (Å²) in [6.07, 6.45) is 4.42. The van der Waals surface area contributed by atoms with Crippen LogP contribution in [0.4, 0.5) is 0 Å². The number of benzene rings is 1. The molecule has 0 fully saturated rings. The molecule has 1 N–H and O–H groups in total. The van der Waals surface area contributed by atoms with Crippen LogP contribution in [0.3, 0.4) is 0 Å². The topological polar surface area (TPSA) is 42.9 Å². The van der Waals surface area contributed by atoms with Gasteiger partial charge in [-0.15, -0.1) is 0 Å². The normalized spacial score (nSPS) is 28.0. The molecule has 0 bridgehead atoms. The van der Waals surface area contributed by atoms with Crippen molar-refractivity contribution >= 4 is 5.84 Å². The molecule has 2 aliphatic heterocycles. The minimum Gasteiger partial charge on any atom is -0.485 e. The monoisotopic (exact) mass is 256 g/mol. The van der Waals surface area contributed by atoms with Crippen molar-refractivity contribution in [3.05, 3.63) is 35.9 Å². The lowest BCUT2D eigenvalue weighted by molar-refractivity contribution is 0.0651. The van der Waals surface area contributed by atoms with Crippen LogP contribution in [0.25, 0.3) is 0 Å². The van der Waals surface area contributed by atoms with Gasteiger partial charge in [0.25, 0.3) is 0 Å². The van der Waals surface area contributed by atoms with E-state index < -0.39 is 5.60 Å². The zero-order chi connectivity index (χ0) is 12.7. The van der Waals surface area contributed by atoms with Crippen LogP contribution in [-0.4, -0.2) is 31.1 Å². The number of fused-ring (bicyclic) bond motifs is 1. The van der Waals surface area contributed by atoms with Gasteiger partial charge in [-0.3, -0.25) is 4.99 Å². The van der Waals surface area contributed by atoms with Gasteiger partial charge in [0.05, 0.1) is 6.54 Å². The standard InChI is InChI=1S/C15H16N2O2/c1-2-7-13-12(6-1)18-10-15(19-13,11-4-3-5-11)14-16-8-9-17-14/h1-2,4,6-7H,3,5,8-10H2,(H,16,17). The van der Waals surface area contributed by atoms with Crippen LogP contribution < -0.4 is 14.8 Å². The smallest absolute Gasteiger partial charge is 0.220 e. The molecule has 19 heavy (non-hydrogen) atoms. The molecule has 0 saturated heterocycles. The van der Waals surface area contributed by atoms with Crippen molar-refractivity contribution in [2.24, 2.45) is 4.99 Å². The molecular weight excluding hydrogens is 240 g/mol. The lowest BCUT2D eigenvalue weighted by Crippen LogP contribution is -2.57. The van der Waals surface area contributed by atoms with E-state index in [4.69, 9.17) is 9.47 Å². The average molecular weight is 256 g/mol. The van der Waals surface area contributed by atoms with Crippen LogP contribution in [0, 0.1) is 0 Å². The first-order valence-electron chi connectivity index (χ1n) is 6.78. The number of amidine groups is 1. The van der Waals surface area contributed by atoms with Gasteiger partial charge in [-0.1, -0.05) is 18.2 Å². The summed E-state index contributed by atoms with van der Waals surface area (Å²) < 4.78 is 12.2. The van der Waals surface area contributed by atoms with Gasteiger partial charge >= 0.3 is 0 Å². The molecule has 1 unspecified atom stereocenters. The predicted molar refractivity (Wildman–Crippen MR) is 72.9 cm³/mol. The van der Waals surface area contributed by atoms with E-state index in [0.717, 1.165) is 43.3 Å². The van der Waals surface area contributed by atoms with Crippen molar-refractivity contribution in [3.63, 3.8) is 0 Å². The summed E-state index contributed by atoms with van der Waals surface area (Å²) in [5.74, 6) is 2.54. The minimum absolute atomic E-state index is 0.502. The molecule has 1 aliphatic carbocycles. The molecule has 1 aromatic carbocycles. The number of hydrogen-bond donors (Lipinski definition) is 1. The van der Waals surface area contributed by atoms with E-state index in [1.54, 1.807) is 0 Å². The Morgan fingerprint density at radius 1 is 1.21 bits per heavy atom. The Bertz CT molecular complexity index is 579. The Hall–Kier alpha value is -1.97. The third-order valence-electron chi connectivity index (χ3n) is 3.94. The van der Waals surface area contributed by atoms with Gasteiger partial charge in [-0.25, -0.2) is 0 Å². The van der Waals surface area contributed by atoms with E-state index in [2.05, 4.69) is 16.4 Å². The largest absolute Gasteiger partial charge is 0.485 e. The van der Waals surface area contributed by atoms with E-state index in [1.165, 1.54) is 5.57 Å². The Kier molecular flexibility index (Phi) is 2.31. The SMILES string of the molecule is C1=C(C2(C3=NCCN3)COc3ccccc3O2)CC1. The Morgan fingerprint density at radius 2 is 2.05 bits per heavy atom. The van der Waals surface area contributed by atoms with Crippen molar-refractivity contribution in [3.8, 4) is 11.5 Å². The number of nitrogens with zero attached hydrogens (tertiary/aromatic N) is 1. The maximum atomic E-state index is 6.32. The quantitative estimate of drug-likeness (QED) is 0.822. The van der Waals surface area contributed by atoms with E-state index in [9.17, 15) is 0 Å². The first-order valence-corrected chi connectivity index (χ1v) is 6.78. The second kappa shape index (κ2) is 4.02. The summed E-state index contributed by atoms with van der Waals surface area (Å²) >= 11 is 0. The van der Waals surface area contributed by atoms with Crippen molar-refractivity contribution in [1.29, 1.82) is 0 Å². The number of nitrogens with one attached hydrogen (secondary N) is 1. The fraction of sp³-hybridized carbons (Fsp3) is 0.400. The summed E-state index contributed by atoms with van der Waals surface area (Å²) in [5.41, 5.74) is 0.762. The zero-order valence-corrected chi connectivity index (χ0v) is 10.7. The summed E-state index contributed by atoms with van der Waals surface area (Å²) in [5, 5.41) is 3.35. The molecule has 2 heterocycles. The molecule has 1 aromatic rings. The molecule has 0 aromatic heterocycles. The summed E-state index contributed by atoms with van der Waals surface area (Å²) in [7, 11) is 0. The summed E-state index contributed by atoms with van der Waals surface area (Å²) in [6.45, 7) is 2.20. The molecule has 3 aliphatic rings. The van der Waals surface area contributed by atoms with Crippen LogP contribution in [0.5, 0.6) is 11.5 Å². The van der Waals surface area contributed by atoms with Crippen molar-refractivity contribution in [1.82, 2.24) is 5.32 Å². The average Bonchev–Trinajstić information content (AvgIpc) is 2.91. The van der Waals surface area contributed by atoms with Crippen LogP contribution in [0.15, 0.2) is 40.9 Å². The first-order chi connectivity index (χ1) is 9.38. The maximum Gasteiger partial charge on any atom is 0.220 e. The third-order valence-corrected chi connectivity index (χ3v) is 3.94. The highest BCUT2D eigenvalue weighted by molar-refractivity contribution is 5.96. The second-order valence-electron chi connectivity index (χ2n) is 5.09. The van der Waals surface area contributed by atoms with Gasteiger partial charge in [0.2, 0.25) is 5.60 Å². The number of aliphatic imine (C=N–C) groups is 1. The Morgan fingerprint density at radius 3 is 2.74 bits per heavy atom. The molecule has 98 valence electrons. The van der Waals surface area contributed by atoms with Crippen molar-refractivity contribution in [2.45, 2.75) is 18.4 Å². The van der Waals surface area contributed by atoms with Crippen LogP contribution in [0.2, 0.25) is 0 Å². The molecule has 0 radical (unpaired) electrons. The highest BCUT2D eigenvalue weighted by atomic mass is 16.6. The minimum atomic E-state index is -0.525. The Balaban J connectivity index is 1.77. The van der Waals surface area contributed by atoms with Crippen molar-refractivity contribution in [2.75, 3.05) is 19.7 Å². The molecule has 4 nitrogen and oxygen atoms in total. The molecule has 0 saturated carbocycles. The fourth-order valence-corrected chi connectivity index (χ4v) is 2.80. The van der Waals surface area contributed by atoms with Gasteiger partial charge < -0.3 is 14.8 Å².